The first kappa shape index (κ1) is 23.1. The molecule has 3 aromatic rings. The number of esters is 1. The van der Waals surface area contributed by atoms with Crippen molar-refractivity contribution in [2.45, 2.75) is 13.3 Å². The van der Waals surface area contributed by atoms with Gasteiger partial charge in [-0.3, -0.25) is 4.79 Å². The van der Waals surface area contributed by atoms with Crippen LogP contribution in [0.5, 0.6) is 0 Å². The predicted molar refractivity (Wildman–Crippen MR) is 123 cm³/mol. The van der Waals surface area contributed by atoms with Crippen LogP contribution in [0.25, 0.3) is 11.3 Å². The molecule has 0 aliphatic rings. The van der Waals surface area contributed by atoms with Gasteiger partial charge in [0.05, 0.1) is 28.3 Å². The summed E-state index contributed by atoms with van der Waals surface area (Å²) < 4.78 is 5.15. The average Bonchev–Trinajstić information content (AvgIpc) is 3.18. The first-order valence-electron chi connectivity index (χ1n) is 9.53. The molecule has 3 rings (SSSR count). The van der Waals surface area contributed by atoms with Crippen LogP contribution in [0.2, 0.25) is 10.0 Å². The number of anilines is 1. The Morgan fingerprint density at radius 3 is 2.55 bits per heavy atom. The number of ether oxygens (including phenoxy) is 1. The number of hydrogen-bond acceptors (Lipinski definition) is 6. The summed E-state index contributed by atoms with van der Waals surface area (Å²) in [5.74, 6) is -2.08. The number of halogens is 2. The standard InChI is InChI=1S/C22H20Cl2N2O4S/c1-2-30-21(29)19-18(14-8-9-16(23)17(24)11-14)26-22(31-19)25-12-15(20(27)28)10-13-6-4-3-5-7-13/h3-9,11,15H,2,10,12H2,1H3,(H,25,26)(H,27,28). The zero-order chi connectivity index (χ0) is 22.4. The number of aliphatic carboxylic acids is 1. The van der Waals surface area contributed by atoms with Crippen LogP contribution in [0, 0.1) is 5.92 Å². The van der Waals surface area contributed by atoms with E-state index in [0.717, 1.165) is 16.9 Å². The number of nitrogens with one attached hydrogen (secondary N) is 1. The Bertz CT molecular complexity index is 1070. The molecule has 162 valence electrons. The molecule has 1 aromatic heterocycles. The van der Waals surface area contributed by atoms with Crippen molar-refractivity contribution in [1.29, 1.82) is 0 Å². The molecule has 0 radical (unpaired) electrons. The van der Waals surface area contributed by atoms with E-state index < -0.39 is 17.9 Å². The van der Waals surface area contributed by atoms with Crippen LogP contribution >= 0.6 is 34.5 Å². The lowest BCUT2D eigenvalue weighted by molar-refractivity contribution is -0.141. The van der Waals surface area contributed by atoms with Crippen molar-refractivity contribution in [2.75, 3.05) is 18.5 Å². The second-order valence-corrected chi connectivity index (χ2v) is 8.47. The number of carboxylic acids is 1. The van der Waals surface area contributed by atoms with Crippen LogP contribution in [0.1, 0.15) is 22.2 Å². The lowest BCUT2D eigenvalue weighted by Gasteiger charge is -2.12. The average molecular weight is 479 g/mol. The largest absolute Gasteiger partial charge is 0.481 e. The minimum atomic E-state index is -0.914. The summed E-state index contributed by atoms with van der Waals surface area (Å²) in [4.78, 5) is 29.0. The highest BCUT2D eigenvalue weighted by Crippen LogP contribution is 2.35. The topological polar surface area (TPSA) is 88.5 Å². The Kier molecular flexibility index (Phi) is 7.90. The molecule has 2 aromatic carbocycles. The maximum atomic E-state index is 12.5. The van der Waals surface area contributed by atoms with Gasteiger partial charge in [0.15, 0.2) is 5.13 Å². The fourth-order valence-corrected chi connectivity index (χ4v) is 4.11. The zero-order valence-electron chi connectivity index (χ0n) is 16.6. The summed E-state index contributed by atoms with van der Waals surface area (Å²) in [6.45, 7) is 2.09. The molecule has 1 unspecified atom stereocenters. The first-order valence-corrected chi connectivity index (χ1v) is 11.1. The fourth-order valence-electron chi connectivity index (χ4n) is 2.93. The van der Waals surface area contributed by atoms with E-state index >= 15 is 0 Å². The molecule has 0 saturated heterocycles. The Balaban J connectivity index is 1.84. The monoisotopic (exact) mass is 478 g/mol. The minimum Gasteiger partial charge on any atom is -0.481 e. The van der Waals surface area contributed by atoms with Crippen LogP contribution in [0.3, 0.4) is 0 Å². The van der Waals surface area contributed by atoms with Crippen molar-refractivity contribution in [1.82, 2.24) is 4.98 Å². The highest BCUT2D eigenvalue weighted by atomic mass is 35.5. The van der Waals surface area contributed by atoms with Gasteiger partial charge in [0.25, 0.3) is 0 Å². The molecular weight excluding hydrogens is 459 g/mol. The summed E-state index contributed by atoms with van der Waals surface area (Å²) in [6.07, 6.45) is 0.374. The van der Waals surface area contributed by atoms with Gasteiger partial charge in [-0.1, -0.05) is 70.9 Å². The molecule has 0 fully saturated rings. The first-order chi connectivity index (χ1) is 14.9. The van der Waals surface area contributed by atoms with Crippen LogP contribution < -0.4 is 5.32 Å². The minimum absolute atomic E-state index is 0.154. The zero-order valence-corrected chi connectivity index (χ0v) is 18.9. The number of hydrogen-bond donors (Lipinski definition) is 2. The normalized spacial score (nSPS) is 11.7. The van der Waals surface area contributed by atoms with E-state index in [2.05, 4.69) is 10.3 Å². The lowest BCUT2D eigenvalue weighted by atomic mass is 9.99. The Morgan fingerprint density at radius 2 is 1.90 bits per heavy atom. The van der Waals surface area contributed by atoms with Gasteiger partial charge in [0.1, 0.15) is 4.88 Å². The van der Waals surface area contributed by atoms with Crippen LogP contribution in [0.15, 0.2) is 48.5 Å². The van der Waals surface area contributed by atoms with E-state index in [4.69, 9.17) is 27.9 Å². The van der Waals surface area contributed by atoms with Gasteiger partial charge in [-0.15, -0.1) is 0 Å². The highest BCUT2D eigenvalue weighted by molar-refractivity contribution is 7.17. The third-order valence-corrected chi connectivity index (χ3v) is 6.19. The van der Waals surface area contributed by atoms with E-state index in [9.17, 15) is 14.7 Å². The summed E-state index contributed by atoms with van der Waals surface area (Å²) in [5, 5.41) is 13.8. The molecule has 0 aliphatic carbocycles. The number of nitrogens with zero attached hydrogens (tertiary/aromatic N) is 1. The number of rotatable bonds is 9. The third kappa shape index (κ3) is 5.97. The number of carbonyl (C=O) groups excluding carboxylic acids is 1. The van der Waals surface area contributed by atoms with Crippen molar-refractivity contribution in [2.24, 2.45) is 5.92 Å². The lowest BCUT2D eigenvalue weighted by Crippen LogP contribution is -2.25. The summed E-state index contributed by atoms with van der Waals surface area (Å²) in [7, 11) is 0. The predicted octanol–water partition coefficient (Wildman–Crippen LogP) is 5.65. The SMILES string of the molecule is CCOC(=O)c1sc(NCC(Cc2ccccc2)C(=O)O)nc1-c1ccc(Cl)c(Cl)c1. The molecule has 0 saturated carbocycles. The third-order valence-electron chi connectivity index (χ3n) is 4.45. The number of thiazole rings is 1. The molecule has 0 spiro atoms. The van der Waals surface area contributed by atoms with Crippen molar-refractivity contribution < 1.29 is 19.4 Å². The quantitative estimate of drug-likeness (QED) is 0.386. The Morgan fingerprint density at radius 1 is 1.16 bits per heavy atom. The van der Waals surface area contributed by atoms with Crippen LogP contribution in [-0.4, -0.2) is 35.2 Å². The van der Waals surface area contributed by atoms with E-state index in [1.54, 1.807) is 25.1 Å². The van der Waals surface area contributed by atoms with E-state index in [1.165, 1.54) is 0 Å². The maximum absolute atomic E-state index is 12.5. The second kappa shape index (κ2) is 10.6. The molecule has 1 atom stereocenters. The van der Waals surface area contributed by atoms with Crippen molar-refractivity contribution >= 4 is 51.6 Å². The summed E-state index contributed by atoms with van der Waals surface area (Å²) in [6, 6.07) is 14.4. The van der Waals surface area contributed by atoms with E-state index in [-0.39, 0.29) is 13.2 Å². The molecule has 1 heterocycles. The molecule has 31 heavy (non-hydrogen) atoms. The summed E-state index contributed by atoms with van der Waals surface area (Å²) in [5.41, 5.74) is 1.94. The Labute approximate surface area is 193 Å². The van der Waals surface area contributed by atoms with Crippen molar-refractivity contribution in [3.63, 3.8) is 0 Å². The number of carboxylic acid groups (broad SMARTS) is 1. The molecule has 0 aliphatic heterocycles. The summed E-state index contributed by atoms with van der Waals surface area (Å²) >= 11 is 13.2. The van der Waals surface area contributed by atoms with Gasteiger partial charge < -0.3 is 15.2 Å². The highest BCUT2D eigenvalue weighted by Gasteiger charge is 2.23. The Hall–Kier alpha value is -2.61. The van der Waals surface area contributed by atoms with Gasteiger partial charge in [0.2, 0.25) is 0 Å². The van der Waals surface area contributed by atoms with Gasteiger partial charge in [-0.05, 0) is 31.0 Å². The van der Waals surface area contributed by atoms with E-state index in [0.29, 0.717) is 37.7 Å². The molecule has 0 amide bonds. The maximum Gasteiger partial charge on any atom is 0.350 e. The molecular formula is C22H20Cl2N2O4S. The molecule has 0 bridgehead atoms. The number of aromatic nitrogens is 1. The second-order valence-electron chi connectivity index (χ2n) is 6.65. The van der Waals surface area contributed by atoms with Gasteiger partial charge in [-0.25, -0.2) is 9.78 Å². The molecule has 2 N–H and O–H groups in total. The molecule has 9 heteroatoms. The van der Waals surface area contributed by atoms with Crippen molar-refractivity contribution in [3.05, 3.63) is 69.0 Å². The molecule has 6 nitrogen and oxygen atoms in total. The van der Waals surface area contributed by atoms with Gasteiger partial charge in [0, 0.05) is 12.1 Å². The van der Waals surface area contributed by atoms with Crippen molar-refractivity contribution in [3.8, 4) is 11.3 Å². The van der Waals surface area contributed by atoms with Crippen LogP contribution in [0.4, 0.5) is 5.13 Å². The number of benzene rings is 2. The van der Waals surface area contributed by atoms with Crippen LogP contribution in [-0.2, 0) is 16.0 Å². The van der Waals surface area contributed by atoms with Gasteiger partial charge >= 0.3 is 11.9 Å². The fraction of sp³-hybridized carbons (Fsp3) is 0.227. The van der Waals surface area contributed by atoms with E-state index in [1.807, 2.05) is 30.3 Å². The smallest absolute Gasteiger partial charge is 0.350 e. The number of carbonyl (C=O) groups is 2. The van der Waals surface area contributed by atoms with Gasteiger partial charge in [-0.2, -0.15) is 0 Å².